The highest BCUT2D eigenvalue weighted by atomic mass is 32.2. The summed E-state index contributed by atoms with van der Waals surface area (Å²) in [5.74, 6) is 0. The van der Waals surface area contributed by atoms with Gasteiger partial charge in [0.2, 0.25) is 6.10 Å². The zero-order valence-electron chi connectivity index (χ0n) is 17.1. The molecule has 0 saturated carbocycles. The molecule has 1 atom stereocenters. The highest BCUT2D eigenvalue weighted by Gasteiger charge is 2.60. The summed E-state index contributed by atoms with van der Waals surface area (Å²) in [4.78, 5) is 4.08. The first kappa shape index (κ1) is 26.8. The molecule has 178 valence electrons. The fraction of sp³-hybridized carbons (Fsp3) is 0.182. The van der Waals surface area contributed by atoms with Gasteiger partial charge in [-0.2, -0.15) is 22.0 Å². The van der Waals surface area contributed by atoms with Gasteiger partial charge in [-0.3, -0.25) is 0 Å². The molecule has 0 heterocycles. The van der Waals surface area contributed by atoms with Gasteiger partial charge in [0.05, 0.1) is 10.9 Å². The smallest absolute Gasteiger partial charge is 0.421 e. The molecule has 3 rings (SSSR count). The third-order valence-electron chi connectivity index (χ3n) is 4.11. The standard InChI is InChI=1S/C18H15S.C4H5F5O4S/c1-4-10-16(11-5-1)19(17-12-6-2-7-13-17)18-14-8-3-9-15-18;1-13-2(3(5,6)7)4(8,9)14(10,11)12/h1-15H;2H,1H3,(H,10,11,12)/q+1;/p-1. The molecule has 3 aromatic rings. The minimum atomic E-state index is -6.43. The molecular weight excluding hydrogens is 487 g/mol. The maximum atomic E-state index is 12.3. The van der Waals surface area contributed by atoms with Crippen molar-refractivity contribution >= 4 is 21.0 Å². The molecule has 0 amide bonds. The van der Waals surface area contributed by atoms with Crippen LogP contribution in [-0.4, -0.2) is 37.6 Å². The van der Waals surface area contributed by atoms with Crippen molar-refractivity contribution < 1.29 is 39.7 Å². The van der Waals surface area contributed by atoms with Crippen molar-refractivity contribution in [1.82, 2.24) is 0 Å². The monoisotopic (exact) mass is 506 g/mol. The summed E-state index contributed by atoms with van der Waals surface area (Å²) in [5.41, 5.74) is 0. The predicted molar refractivity (Wildman–Crippen MR) is 113 cm³/mol. The van der Waals surface area contributed by atoms with Gasteiger partial charge in [0.15, 0.2) is 24.8 Å². The number of benzene rings is 3. The lowest BCUT2D eigenvalue weighted by Gasteiger charge is -2.28. The van der Waals surface area contributed by atoms with Crippen molar-refractivity contribution in [1.29, 1.82) is 0 Å². The Morgan fingerprint density at radius 3 is 1.21 bits per heavy atom. The Kier molecular flexibility index (Phi) is 9.01. The fourth-order valence-electron chi connectivity index (χ4n) is 2.67. The first-order chi connectivity index (χ1) is 15.4. The summed E-state index contributed by atoms with van der Waals surface area (Å²) in [6.45, 7) is 0. The van der Waals surface area contributed by atoms with Gasteiger partial charge >= 0.3 is 11.4 Å². The van der Waals surface area contributed by atoms with E-state index in [1.807, 2.05) is 0 Å². The van der Waals surface area contributed by atoms with E-state index in [1.54, 1.807) is 0 Å². The largest absolute Gasteiger partial charge is 0.743 e. The SMILES string of the molecule is COC(C(F)(F)F)C(F)(F)S(=O)(=O)[O-].c1ccc([S+](c2ccccc2)c2ccccc2)cc1. The number of alkyl halides is 5. The second-order valence-electron chi connectivity index (χ2n) is 6.42. The van der Waals surface area contributed by atoms with Crippen LogP contribution < -0.4 is 0 Å². The fourth-order valence-corrected chi connectivity index (χ4v) is 5.27. The number of ether oxygens (including phenoxy) is 1. The van der Waals surface area contributed by atoms with E-state index in [1.165, 1.54) is 14.7 Å². The second kappa shape index (κ2) is 11.1. The van der Waals surface area contributed by atoms with Gasteiger partial charge in [0.25, 0.3) is 0 Å². The lowest BCUT2D eigenvalue weighted by molar-refractivity contribution is -0.257. The van der Waals surface area contributed by atoms with E-state index in [9.17, 15) is 34.9 Å². The minimum Gasteiger partial charge on any atom is -0.743 e. The Bertz CT molecular complexity index is 1000. The molecular formula is C22H19F5O4S2. The van der Waals surface area contributed by atoms with Crippen molar-refractivity contribution in [2.24, 2.45) is 0 Å². The van der Waals surface area contributed by atoms with E-state index >= 15 is 0 Å². The summed E-state index contributed by atoms with van der Waals surface area (Å²) < 4.78 is 92.6. The number of hydrogen-bond acceptors (Lipinski definition) is 4. The van der Waals surface area contributed by atoms with E-state index in [0.29, 0.717) is 0 Å². The van der Waals surface area contributed by atoms with E-state index in [4.69, 9.17) is 0 Å². The number of hydrogen-bond donors (Lipinski definition) is 0. The van der Waals surface area contributed by atoms with Gasteiger partial charge in [0, 0.05) is 7.11 Å². The van der Waals surface area contributed by atoms with E-state index in [0.717, 1.165) is 0 Å². The number of halogens is 5. The van der Waals surface area contributed by atoms with Gasteiger partial charge in [-0.05, 0) is 36.4 Å². The number of rotatable bonds is 6. The Hall–Kier alpha value is -2.47. The van der Waals surface area contributed by atoms with Crippen LogP contribution >= 0.6 is 0 Å². The molecule has 0 aliphatic carbocycles. The predicted octanol–water partition coefficient (Wildman–Crippen LogP) is 5.48. The molecule has 0 N–H and O–H groups in total. The average molecular weight is 507 g/mol. The van der Waals surface area contributed by atoms with Gasteiger partial charge in [-0.1, -0.05) is 54.6 Å². The van der Waals surface area contributed by atoms with Crippen LogP contribution in [0.4, 0.5) is 22.0 Å². The Morgan fingerprint density at radius 2 is 1.03 bits per heavy atom. The van der Waals surface area contributed by atoms with Crippen LogP contribution in [0, 0.1) is 0 Å². The van der Waals surface area contributed by atoms with Crippen LogP contribution in [-0.2, 0) is 25.7 Å². The minimum absolute atomic E-state index is 0.0146. The highest BCUT2D eigenvalue weighted by Crippen LogP contribution is 2.37. The summed E-state index contributed by atoms with van der Waals surface area (Å²) >= 11 is 0. The molecule has 0 bridgehead atoms. The van der Waals surface area contributed by atoms with Crippen molar-refractivity contribution in [3.05, 3.63) is 91.0 Å². The van der Waals surface area contributed by atoms with Crippen molar-refractivity contribution in [3.8, 4) is 0 Å². The highest BCUT2D eigenvalue weighted by molar-refractivity contribution is 7.97. The summed E-state index contributed by atoms with van der Waals surface area (Å²) in [5, 5.41) is -5.54. The van der Waals surface area contributed by atoms with Gasteiger partial charge in [0.1, 0.15) is 0 Å². The van der Waals surface area contributed by atoms with Crippen LogP contribution in [0.1, 0.15) is 0 Å². The topological polar surface area (TPSA) is 66.4 Å². The van der Waals surface area contributed by atoms with Crippen molar-refractivity contribution in [2.75, 3.05) is 7.11 Å². The van der Waals surface area contributed by atoms with E-state index in [-0.39, 0.29) is 18.0 Å². The second-order valence-corrected chi connectivity index (χ2v) is 9.90. The van der Waals surface area contributed by atoms with E-state index in [2.05, 4.69) is 95.7 Å². The lowest BCUT2D eigenvalue weighted by Crippen LogP contribution is -2.50. The molecule has 0 aliphatic heterocycles. The zero-order chi connectivity index (χ0) is 24.7. The quantitative estimate of drug-likeness (QED) is 0.252. The first-order valence-corrected chi connectivity index (χ1v) is 11.8. The summed E-state index contributed by atoms with van der Waals surface area (Å²) in [7, 11) is -6.22. The third-order valence-corrected chi connectivity index (χ3v) is 7.22. The summed E-state index contributed by atoms with van der Waals surface area (Å²) in [6.07, 6.45) is -9.60. The normalized spacial score (nSPS) is 13.2. The lowest BCUT2D eigenvalue weighted by atomic mass is 10.3. The van der Waals surface area contributed by atoms with Crippen LogP contribution in [0.25, 0.3) is 0 Å². The Morgan fingerprint density at radius 1 is 0.727 bits per heavy atom. The van der Waals surface area contributed by atoms with Crippen LogP contribution in [0.15, 0.2) is 106 Å². The molecule has 11 heteroatoms. The molecule has 0 aromatic heterocycles. The number of methoxy groups -OCH3 is 1. The Labute approximate surface area is 191 Å². The molecule has 3 aromatic carbocycles. The van der Waals surface area contributed by atoms with Gasteiger partial charge < -0.3 is 9.29 Å². The third kappa shape index (κ3) is 7.00. The first-order valence-electron chi connectivity index (χ1n) is 9.21. The molecule has 4 nitrogen and oxygen atoms in total. The van der Waals surface area contributed by atoms with Crippen LogP contribution in [0.5, 0.6) is 0 Å². The van der Waals surface area contributed by atoms with Gasteiger partial charge in [-0.15, -0.1) is 0 Å². The molecule has 33 heavy (non-hydrogen) atoms. The van der Waals surface area contributed by atoms with E-state index < -0.39 is 27.7 Å². The van der Waals surface area contributed by atoms with Crippen molar-refractivity contribution in [3.63, 3.8) is 0 Å². The molecule has 0 saturated heterocycles. The van der Waals surface area contributed by atoms with Gasteiger partial charge in [-0.25, -0.2) is 8.42 Å². The molecule has 0 aliphatic rings. The zero-order valence-corrected chi connectivity index (χ0v) is 18.7. The van der Waals surface area contributed by atoms with Crippen LogP contribution in [0.2, 0.25) is 0 Å². The molecule has 0 spiro atoms. The maximum absolute atomic E-state index is 12.3. The Balaban J connectivity index is 0.000000248. The molecule has 0 fully saturated rings. The summed E-state index contributed by atoms with van der Waals surface area (Å²) in [6, 6.07) is 32.2. The molecule has 0 radical (unpaired) electrons. The maximum Gasteiger partial charge on any atom is 0.421 e. The molecule has 1 unspecified atom stereocenters. The van der Waals surface area contributed by atoms with Crippen LogP contribution in [0.3, 0.4) is 0 Å². The van der Waals surface area contributed by atoms with Crippen molar-refractivity contribution in [2.45, 2.75) is 32.2 Å². The average Bonchev–Trinajstić information content (AvgIpc) is 2.75.